The summed E-state index contributed by atoms with van der Waals surface area (Å²) < 4.78 is 57.4. The summed E-state index contributed by atoms with van der Waals surface area (Å²) in [6.07, 6.45) is 0.0662. The van der Waals surface area contributed by atoms with Gasteiger partial charge in [0, 0.05) is 16.7 Å². The number of carboxylic acid groups (broad SMARTS) is 2. The number of benzene rings is 3. The first kappa shape index (κ1) is 35.9. The van der Waals surface area contributed by atoms with Crippen molar-refractivity contribution in [3.05, 3.63) is 101 Å². The van der Waals surface area contributed by atoms with E-state index in [4.69, 9.17) is 10.8 Å². The summed E-state index contributed by atoms with van der Waals surface area (Å²) in [6, 6.07) is 11.9. The lowest BCUT2D eigenvalue weighted by atomic mass is 9.85. The van der Waals surface area contributed by atoms with Crippen molar-refractivity contribution in [2.45, 2.75) is 57.0 Å². The highest BCUT2D eigenvalue weighted by molar-refractivity contribution is 7.89. The van der Waals surface area contributed by atoms with Crippen LogP contribution in [0.4, 0.5) is 8.78 Å². The Morgan fingerprint density at radius 2 is 1.27 bits per heavy atom. The van der Waals surface area contributed by atoms with Gasteiger partial charge in [-0.1, -0.05) is 61.9 Å². The Hall–Kier alpha value is -4.33. The second-order valence-corrected chi connectivity index (χ2v) is 12.1. The van der Waals surface area contributed by atoms with Crippen molar-refractivity contribution in [3.63, 3.8) is 0 Å². The molecule has 10 nitrogen and oxygen atoms in total. The van der Waals surface area contributed by atoms with Crippen LogP contribution in [0.5, 0.6) is 0 Å². The Labute approximate surface area is 254 Å². The Bertz CT molecular complexity index is 1600. The van der Waals surface area contributed by atoms with E-state index in [0.29, 0.717) is 0 Å². The first-order valence-corrected chi connectivity index (χ1v) is 14.9. The number of aryl methyl sites for hydroxylation is 1. The van der Waals surface area contributed by atoms with Crippen LogP contribution in [0.25, 0.3) is 0 Å². The second-order valence-electron chi connectivity index (χ2n) is 10.4. The molecule has 0 radical (unpaired) electrons. The van der Waals surface area contributed by atoms with Crippen molar-refractivity contribution in [2.75, 3.05) is 0 Å². The van der Waals surface area contributed by atoms with Gasteiger partial charge in [-0.25, -0.2) is 21.9 Å². The minimum absolute atomic E-state index is 0.0602. The summed E-state index contributed by atoms with van der Waals surface area (Å²) in [7, 11) is -4.14. The van der Waals surface area contributed by atoms with Crippen LogP contribution in [-0.4, -0.2) is 54.2 Å². The quantitative estimate of drug-likeness (QED) is 0.167. The van der Waals surface area contributed by atoms with Crippen molar-refractivity contribution >= 4 is 33.5 Å². The van der Waals surface area contributed by atoms with Gasteiger partial charge in [-0.3, -0.25) is 19.2 Å². The molecule has 0 aliphatic carbocycles. The van der Waals surface area contributed by atoms with E-state index >= 15 is 0 Å². The average molecular weight is 633 g/mol. The molecule has 0 heterocycles. The van der Waals surface area contributed by atoms with Crippen LogP contribution in [0.1, 0.15) is 65.0 Å². The fourth-order valence-electron chi connectivity index (χ4n) is 4.06. The lowest BCUT2D eigenvalue weighted by Gasteiger charge is -2.22. The van der Waals surface area contributed by atoms with E-state index in [0.717, 1.165) is 23.8 Å². The molecule has 0 aliphatic rings. The molecule has 3 rings (SSSR count). The number of carbonyl (C=O) groups is 4. The van der Waals surface area contributed by atoms with Gasteiger partial charge in [0.15, 0.2) is 17.5 Å². The van der Waals surface area contributed by atoms with Crippen LogP contribution >= 0.6 is 0 Å². The first-order valence-electron chi connectivity index (χ1n) is 13.4. The summed E-state index contributed by atoms with van der Waals surface area (Å²) in [4.78, 5) is 48.6. The number of nitrogens with two attached hydrogens (primary N) is 1. The van der Waals surface area contributed by atoms with Crippen LogP contribution < -0.4 is 10.5 Å². The largest absolute Gasteiger partial charge is 0.480 e. The highest BCUT2D eigenvalue weighted by atomic mass is 32.2. The van der Waals surface area contributed by atoms with E-state index < -0.39 is 74.3 Å². The molecule has 5 N–H and O–H groups in total. The van der Waals surface area contributed by atoms with Crippen molar-refractivity contribution in [1.29, 1.82) is 0 Å². The molecule has 13 heteroatoms. The van der Waals surface area contributed by atoms with Crippen LogP contribution in [0, 0.1) is 24.5 Å². The maximum Gasteiger partial charge on any atom is 0.320 e. The Morgan fingerprint density at radius 1 is 0.795 bits per heavy atom. The lowest BCUT2D eigenvalue weighted by Crippen LogP contribution is -2.42. The molecule has 0 saturated carbocycles. The van der Waals surface area contributed by atoms with Gasteiger partial charge >= 0.3 is 11.9 Å². The summed E-state index contributed by atoms with van der Waals surface area (Å²) in [5.41, 5.74) is 4.06. The fourth-order valence-corrected chi connectivity index (χ4v) is 5.27. The topological polar surface area (TPSA) is 181 Å². The van der Waals surface area contributed by atoms with Crippen LogP contribution in [0.3, 0.4) is 0 Å². The van der Waals surface area contributed by atoms with Gasteiger partial charge in [0.1, 0.15) is 17.7 Å². The zero-order valence-electron chi connectivity index (χ0n) is 24.5. The third-order valence-electron chi connectivity index (χ3n) is 6.30. The van der Waals surface area contributed by atoms with Gasteiger partial charge in [0.25, 0.3) is 0 Å². The number of carboxylic acids is 2. The molecule has 0 aromatic heterocycles. The highest BCUT2D eigenvalue weighted by Gasteiger charge is 2.37. The molecule has 0 bridgehead atoms. The van der Waals surface area contributed by atoms with Gasteiger partial charge in [-0.05, 0) is 50.5 Å². The number of sulfonamides is 1. The Kier molecular flexibility index (Phi) is 12.6. The minimum Gasteiger partial charge on any atom is -0.480 e. The molecule has 0 fully saturated rings. The molecule has 3 aromatic rings. The number of ketones is 2. The van der Waals surface area contributed by atoms with Crippen molar-refractivity contribution < 1.29 is 46.6 Å². The predicted molar refractivity (Wildman–Crippen MR) is 158 cm³/mol. The number of hydrogen-bond acceptors (Lipinski definition) is 7. The number of aliphatic carboxylic acids is 2. The van der Waals surface area contributed by atoms with Gasteiger partial charge in [0.2, 0.25) is 10.0 Å². The number of hydrogen-bond donors (Lipinski definition) is 4. The van der Waals surface area contributed by atoms with Gasteiger partial charge in [0.05, 0.1) is 10.9 Å². The van der Waals surface area contributed by atoms with Crippen LogP contribution in [0.15, 0.2) is 71.6 Å². The first-order chi connectivity index (χ1) is 20.5. The molecular weight excluding hydrogens is 598 g/mol. The molecule has 0 saturated heterocycles. The zero-order chi connectivity index (χ0) is 33.4. The third kappa shape index (κ3) is 9.33. The van der Waals surface area contributed by atoms with E-state index in [2.05, 4.69) is 4.72 Å². The number of nitrogens with one attached hydrogen (secondary N) is 1. The van der Waals surface area contributed by atoms with E-state index in [1.807, 2.05) is 0 Å². The summed E-state index contributed by atoms with van der Waals surface area (Å²) in [5.74, 6) is -9.62. The van der Waals surface area contributed by atoms with E-state index in [1.165, 1.54) is 43.3 Å². The zero-order valence-corrected chi connectivity index (χ0v) is 25.3. The van der Waals surface area contributed by atoms with E-state index in [1.54, 1.807) is 32.9 Å². The van der Waals surface area contributed by atoms with Crippen molar-refractivity contribution in [3.8, 4) is 0 Å². The summed E-state index contributed by atoms with van der Waals surface area (Å²) in [6.45, 7) is 6.76. The van der Waals surface area contributed by atoms with Gasteiger partial charge < -0.3 is 15.9 Å². The van der Waals surface area contributed by atoms with Crippen LogP contribution in [-0.2, 0) is 19.6 Å². The third-order valence-corrected chi connectivity index (χ3v) is 7.78. The number of halogens is 2. The average Bonchev–Trinajstić information content (AvgIpc) is 2.94. The molecule has 0 spiro atoms. The predicted octanol–water partition coefficient (Wildman–Crippen LogP) is 4.32. The van der Waals surface area contributed by atoms with E-state index in [-0.39, 0.29) is 22.8 Å². The number of Topliss-reactive ketones (excluding diaryl/α,β-unsaturated/α-hetero) is 2. The Morgan fingerprint density at radius 3 is 1.70 bits per heavy atom. The highest BCUT2D eigenvalue weighted by Crippen LogP contribution is 2.29. The van der Waals surface area contributed by atoms with Crippen molar-refractivity contribution in [2.24, 2.45) is 11.7 Å². The molecule has 236 valence electrons. The summed E-state index contributed by atoms with van der Waals surface area (Å²) in [5, 5.41) is 17.6. The number of rotatable bonds is 12. The second kappa shape index (κ2) is 15.4. The molecular formula is C31H34F2N2O8S. The molecule has 0 amide bonds. The van der Waals surface area contributed by atoms with Gasteiger partial charge in [-0.15, -0.1) is 0 Å². The molecule has 44 heavy (non-hydrogen) atoms. The molecule has 3 aromatic carbocycles. The fraction of sp³-hybridized carbons (Fsp3) is 0.290. The van der Waals surface area contributed by atoms with Crippen molar-refractivity contribution in [1.82, 2.24) is 4.72 Å². The monoisotopic (exact) mass is 632 g/mol. The summed E-state index contributed by atoms with van der Waals surface area (Å²) >= 11 is 0. The number of carbonyl (C=O) groups excluding carboxylic acids is 2. The normalized spacial score (nSPS) is 13.3. The maximum atomic E-state index is 14.4. The lowest BCUT2D eigenvalue weighted by molar-refractivity contribution is -0.138. The standard InChI is InChI=1S/C28H27F2NO6S.C3H7NO2/c1-16(2)15-23(31-38(36,37)18-13-11-17(3)12-14-18)26(32)19-7-4-5-8-20(19)27(33)25(28(34)35)24-21(29)9-6-10-22(24)30;1-2(4)3(5)6/h4-14,16,23,25,31H,15H2,1-3H3,(H,34,35);2H,4H2,1H3,(H,5,6)/t23-,25?;/m0./s1. The minimum atomic E-state index is -4.14. The van der Waals surface area contributed by atoms with E-state index in [9.17, 15) is 41.5 Å². The van der Waals surface area contributed by atoms with Gasteiger partial charge in [-0.2, -0.15) is 0 Å². The smallest absolute Gasteiger partial charge is 0.320 e. The van der Waals surface area contributed by atoms with Crippen LogP contribution in [0.2, 0.25) is 0 Å². The maximum absolute atomic E-state index is 14.4. The Balaban J connectivity index is 0.00000102. The molecule has 2 unspecified atom stereocenters. The molecule has 0 aliphatic heterocycles. The molecule has 3 atom stereocenters. The SMILES string of the molecule is CC(N)C(=O)O.Cc1ccc(S(=O)(=O)N[C@@H](CC(C)C)C(=O)c2ccccc2C(=O)C(C(=O)O)c2c(F)cccc2F)cc1.